The van der Waals surface area contributed by atoms with Gasteiger partial charge in [-0.05, 0) is 58.7 Å². The van der Waals surface area contributed by atoms with Gasteiger partial charge in [-0.1, -0.05) is 44.6 Å². The molecule has 160 valence electrons. The van der Waals surface area contributed by atoms with Crippen molar-refractivity contribution < 1.29 is 22.6 Å². The highest BCUT2D eigenvalue weighted by Gasteiger charge is 2.36. The Balaban J connectivity index is 4.77. The molecule has 0 heterocycles. The predicted molar refractivity (Wildman–Crippen MR) is 117 cm³/mol. The molecule has 0 amide bonds. The van der Waals surface area contributed by atoms with Crippen LogP contribution < -0.4 is 0 Å². The molecule has 1 unspecified atom stereocenters. The highest BCUT2D eigenvalue weighted by Crippen LogP contribution is 2.51. The SMILES string of the molecule is C=C(C)C(CC/C(C)=C/CO[Si](C)(C)C(C)(C)C)OP(=O)(OCC)OCC. The molecule has 0 saturated carbocycles. The Bertz CT molecular complexity index is 527. The first kappa shape index (κ1) is 26.8. The third-order valence-corrected chi connectivity index (χ3v) is 11.0. The van der Waals surface area contributed by atoms with Crippen LogP contribution >= 0.6 is 7.82 Å². The Hall–Kier alpha value is -0.233. The van der Waals surface area contributed by atoms with Crippen molar-refractivity contribution in [2.75, 3.05) is 19.8 Å². The second-order valence-corrected chi connectivity index (χ2v) is 14.8. The molecule has 0 aliphatic carbocycles. The van der Waals surface area contributed by atoms with Gasteiger partial charge in [-0.25, -0.2) is 4.57 Å². The van der Waals surface area contributed by atoms with E-state index in [1.807, 2.05) is 6.92 Å². The van der Waals surface area contributed by atoms with E-state index in [0.717, 1.165) is 12.0 Å². The molecular formula is C20H41O5PSi. The molecule has 0 spiro atoms. The number of allylic oxidation sites excluding steroid dienone is 1. The van der Waals surface area contributed by atoms with E-state index in [4.69, 9.17) is 18.0 Å². The van der Waals surface area contributed by atoms with E-state index in [2.05, 4.69) is 53.4 Å². The third kappa shape index (κ3) is 10.2. The predicted octanol–water partition coefficient (Wildman–Crippen LogP) is 6.88. The van der Waals surface area contributed by atoms with Crippen LogP contribution in [0.3, 0.4) is 0 Å². The van der Waals surface area contributed by atoms with E-state index in [1.165, 1.54) is 5.57 Å². The van der Waals surface area contributed by atoms with E-state index < -0.39 is 16.1 Å². The largest absolute Gasteiger partial charge is 0.475 e. The minimum Gasteiger partial charge on any atom is -0.413 e. The fourth-order valence-electron chi connectivity index (χ4n) is 2.03. The lowest BCUT2D eigenvalue weighted by molar-refractivity contribution is 0.0937. The number of phosphoric acid groups is 1. The van der Waals surface area contributed by atoms with Gasteiger partial charge < -0.3 is 4.43 Å². The summed E-state index contributed by atoms with van der Waals surface area (Å²) in [6.45, 7) is 23.8. The van der Waals surface area contributed by atoms with Crippen molar-refractivity contribution >= 4 is 16.1 Å². The molecule has 0 saturated heterocycles. The van der Waals surface area contributed by atoms with Gasteiger partial charge in [-0.3, -0.25) is 13.6 Å². The van der Waals surface area contributed by atoms with Crippen molar-refractivity contribution in [3.8, 4) is 0 Å². The quantitative estimate of drug-likeness (QED) is 0.185. The average molecular weight is 421 g/mol. The maximum atomic E-state index is 12.6. The number of rotatable bonds is 13. The van der Waals surface area contributed by atoms with Crippen LogP contribution in [0.2, 0.25) is 18.1 Å². The Kier molecular flexibility index (Phi) is 11.6. The van der Waals surface area contributed by atoms with E-state index >= 15 is 0 Å². The molecule has 0 radical (unpaired) electrons. The number of hydrogen-bond donors (Lipinski definition) is 0. The van der Waals surface area contributed by atoms with Crippen molar-refractivity contribution in [3.63, 3.8) is 0 Å². The first-order valence-electron chi connectivity index (χ1n) is 9.80. The number of phosphoric ester groups is 1. The number of hydrogen-bond acceptors (Lipinski definition) is 5. The van der Waals surface area contributed by atoms with E-state index in [-0.39, 0.29) is 24.4 Å². The molecule has 0 aromatic heterocycles. The summed E-state index contributed by atoms with van der Waals surface area (Å²) in [7, 11) is -5.29. The fourth-order valence-corrected chi connectivity index (χ4v) is 4.39. The van der Waals surface area contributed by atoms with Gasteiger partial charge in [0.2, 0.25) is 0 Å². The van der Waals surface area contributed by atoms with Crippen LogP contribution in [0.5, 0.6) is 0 Å². The standard InChI is InChI=1S/C20H41O5PSi/c1-11-22-26(21,23-12-2)25-19(17(3)4)14-13-18(5)15-16-24-27(9,10)20(6,7)8/h15,19H,3,11-14,16H2,1-2,4-10H3/b18-15+. The zero-order valence-electron chi connectivity index (χ0n) is 18.9. The first-order chi connectivity index (χ1) is 12.3. The van der Waals surface area contributed by atoms with Gasteiger partial charge in [-0.2, -0.15) is 0 Å². The Morgan fingerprint density at radius 3 is 2.07 bits per heavy atom. The molecule has 0 aromatic carbocycles. The lowest BCUT2D eigenvalue weighted by atomic mass is 10.0. The van der Waals surface area contributed by atoms with Crippen LogP contribution in [-0.2, 0) is 22.6 Å². The molecule has 1 atom stereocenters. The monoisotopic (exact) mass is 420 g/mol. The minimum absolute atomic E-state index is 0.202. The molecule has 0 aromatic rings. The summed E-state index contributed by atoms with van der Waals surface area (Å²) in [5.74, 6) is 0. The topological polar surface area (TPSA) is 54.0 Å². The van der Waals surface area contributed by atoms with Crippen molar-refractivity contribution in [1.82, 2.24) is 0 Å². The molecule has 27 heavy (non-hydrogen) atoms. The molecule has 0 rings (SSSR count). The van der Waals surface area contributed by atoms with E-state index in [0.29, 0.717) is 13.0 Å². The molecule has 0 bridgehead atoms. The third-order valence-electron chi connectivity index (χ3n) is 4.86. The molecule has 5 nitrogen and oxygen atoms in total. The van der Waals surface area contributed by atoms with Crippen LogP contribution in [0.25, 0.3) is 0 Å². The molecule has 0 N–H and O–H groups in total. The normalized spacial score (nSPS) is 15.1. The average Bonchev–Trinajstić information content (AvgIpc) is 2.50. The maximum absolute atomic E-state index is 12.6. The second kappa shape index (κ2) is 11.7. The summed E-state index contributed by atoms with van der Waals surface area (Å²) >= 11 is 0. The van der Waals surface area contributed by atoms with E-state index in [9.17, 15) is 4.57 Å². The van der Waals surface area contributed by atoms with E-state index in [1.54, 1.807) is 13.8 Å². The highest BCUT2D eigenvalue weighted by atomic mass is 31.2. The molecule has 7 heteroatoms. The summed E-state index contributed by atoms with van der Waals surface area (Å²) in [6.07, 6.45) is 3.22. The molecule has 0 aliphatic rings. The highest BCUT2D eigenvalue weighted by molar-refractivity contribution is 7.48. The van der Waals surface area contributed by atoms with Gasteiger partial charge in [0.05, 0.1) is 25.9 Å². The Morgan fingerprint density at radius 2 is 1.67 bits per heavy atom. The maximum Gasteiger partial charge on any atom is 0.475 e. The lowest BCUT2D eigenvalue weighted by Gasteiger charge is -2.35. The van der Waals surface area contributed by atoms with Gasteiger partial charge in [0.1, 0.15) is 0 Å². The minimum atomic E-state index is -3.55. The van der Waals surface area contributed by atoms with Gasteiger partial charge in [0.25, 0.3) is 0 Å². The van der Waals surface area contributed by atoms with Gasteiger partial charge in [0, 0.05) is 0 Å². The van der Waals surface area contributed by atoms with Gasteiger partial charge in [-0.15, -0.1) is 0 Å². The zero-order valence-corrected chi connectivity index (χ0v) is 20.8. The zero-order chi connectivity index (χ0) is 21.3. The van der Waals surface area contributed by atoms with Crippen LogP contribution in [0.15, 0.2) is 23.8 Å². The van der Waals surface area contributed by atoms with Gasteiger partial charge in [0.15, 0.2) is 8.32 Å². The first-order valence-corrected chi connectivity index (χ1v) is 14.2. The lowest BCUT2D eigenvalue weighted by Crippen LogP contribution is -2.40. The second-order valence-electron chi connectivity index (χ2n) is 8.38. The smallest absolute Gasteiger partial charge is 0.413 e. The Morgan fingerprint density at radius 1 is 1.15 bits per heavy atom. The summed E-state index contributed by atoms with van der Waals surface area (Å²) in [4.78, 5) is 0. The van der Waals surface area contributed by atoms with Crippen LogP contribution in [-0.4, -0.2) is 34.2 Å². The summed E-state index contributed by atoms with van der Waals surface area (Å²) in [6, 6.07) is 0. The van der Waals surface area contributed by atoms with Gasteiger partial charge >= 0.3 is 7.82 Å². The van der Waals surface area contributed by atoms with Crippen molar-refractivity contribution in [3.05, 3.63) is 23.8 Å². The van der Waals surface area contributed by atoms with Crippen molar-refractivity contribution in [2.24, 2.45) is 0 Å². The van der Waals surface area contributed by atoms with Crippen molar-refractivity contribution in [1.29, 1.82) is 0 Å². The summed E-state index contributed by atoms with van der Waals surface area (Å²) in [5.41, 5.74) is 2.02. The molecule has 0 fully saturated rings. The van der Waals surface area contributed by atoms with Crippen molar-refractivity contribution in [2.45, 2.75) is 85.5 Å². The van der Waals surface area contributed by atoms with Crippen LogP contribution in [0, 0.1) is 0 Å². The molecule has 0 aliphatic heterocycles. The fraction of sp³-hybridized carbons (Fsp3) is 0.800. The van der Waals surface area contributed by atoms with Crippen LogP contribution in [0.1, 0.15) is 61.3 Å². The Labute approximate surface area is 168 Å². The van der Waals surface area contributed by atoms with Crippen LogP contribution in [0.4, 0.5) is 0 Å². The summed E-state index contributed by atoms with van der Waals surface area (Å²) < 4.78 is 35.0. The molecular weight excluding hydrogens is 379 g/mol. The summed E-state index contributed by atoms with van der Waals surface area (Å²) in [5, 5.41) is 0.202.